The van der Waals surface area contributed by atoms with Gasteiger partial charge in [-0.25, -0.2) is 4.90 Å². The lowest BCUT2D eigenvalue weighted by Crippen LogP contribution is -2.46. The largest absolute Gasteiger partial charge is 0.492 e. The van der Waals surface area contributed by atoms with Gasteiger partial charge in [0.05, 0.1) is 35.7 Å². The Labute approximate surface area is 189 Å². The van der Waals surface area contributed by atoms with E-state index in [1.54, 1.807) is 28.3 Å². The average molecular weight is 453 g/mol. The second-order valence-corrected chi connectivity index (χ2v) is 8.81. The minimum atomic E-state index is -0.441. The quantitative estimate of drug-likeness (QED) is 0.531. The van der Waals surface area contributed by atoms with Crippen LogP contribution in [0.25, 0.3) is 10.7 Å². The molecule has 2 aliphatic heterocycles. The van der Waals surface area contributed by atoms with Crippen molar-refractivity contribution in [1.29, 1.82) is 0 Å². The molecule has 9 nitrogen and oxygen atoms in total. The van der Waals surface area contributed by atoms with Crippen LogP contribution < -0.4 is 9.64 Å². The normalized spacial score (nSPS) is 20.3. The first-order valence-electron chi connectivity index (χ1n) is 10.8. The van der Waals surface area contributed by atoms with Gasteiger partial charge in [0.1, 0.15) is 5.75 Å². The highest BCUT2D eigenvalue weighted by molar-refractivity contribution is 7.13. The lowest BCUT2D eigenvalue weighted by atomic mass is 10.0. The van der Waals surface area contributed by atoms with E-state index >= 15 is 0 Å². The Hall–Kier alpha value is -3.11. The Balaban J connectivity index is 1.26. The number of amides is 2. The van der Waals surface area contributed by atoms with Crippen molar-refractivity contribution in [3.8, 4) is 16.5 Å². The third-order valence-corrected chi connectivity index (χ3v) is 6.83. The van der Waals surface area contributed by atoms with Gasteiger partial charge in [-0.2, -0.15) is 4.80 Å². The molecule has 10 heteroatoms. The van der Waals surface area contributed by atoms with Crippen LogP contribution in [0.3, 0.4) is 0 Å². The first-order chi connectivity index (χ1) is 15.7. The summed E-state index contributed by atoms with van der Waals surface area (Å²) in [7, 11) is 0. The molecule has 0 unspecified atom stereocenters. The zero-order valence-electron chi connectivity index (χ0n) is 17.8. The molecule has 2 aromatic heterocycles. The second kappa shape index (κ2) is 8.79. The first-order valence-corrected chi connectivity index (χ1v) is 11.7. The van der Waals surface area contributed by atoms with Crippen LogP contribution in [0.4, 0.5) is 5.69 Å². The molecule has 3 aromatic rings. The van der Waals surface area contributed by atoms with E-state index in [2.05, 4.69) is 20.3 Å². The molecule has 0 radical (unpaired) electrons. The van der Waals surface area contributed by atoms with Crippen LogP contribution >= 0.6 is 11.3 Å². The minimum absolute atomic E-state index is 0.134. The van der Waals surface area contributed by atoms with E-state index < -0.39 is 6.04 Å². The van der Waals surface area contributed by atoms with Gasteiger partial charge in [-0.15, -0.1) is 21.5 Å². The van der Waals surface area contributed by atoms with Crippen LogP contribution in [0.15, 0.2) is 41.8 Å². The van der Waals surface area contributed by atoms with Crippen LogP contribution in [0.5, 0.6) is 5.75 Å². The van der Waals surface area contributed by atoms with Crippen molar-refractivity contribution in [3.63, 3.8) is 0 Å². The van der Waals surface area contributed by atoms with Gasteiger partial charge in [-0.05, 0) is 48.6 Å². The Bertz CT molecular complexity index is 1110. The highest BCUT2D eigenvalue weighted by Gasteiger charge is 2.44. The standard InChI is InChI=1S/C22H24N6O3S/c1-2-31-18-7-4-3-6-16(18)27-20(29)14-17(22(27)30)26-11-9-15(10-12-26)28-24-21(23-25-28)19-8-5-13-32-19/h3-8,13,15,17H,2,9-12,14H2,1H3/t17-/m0/s1. The number of ether oxygens (including phenoxy) is 1. The molecule has 2 aliphatic rings. The Kier molecular flexibility index (Phi) is 5.71. The number of imide groups is 1. The van der Waals surface area contributed by atoms with Crippen LogP contribution in [0.2, 0.25) is 0 Å². The molecular weight excluding hydrogens is 428 g/mol. The van der Waals surface area contributed by atoms with Gasteiger partial charge in [0.2, 0.25) is 11.7 Å². The minimum Gasteiger partial charge on any atom is -0.492 e. The highest BCUT2D eigenvalue weighted by atomic mass is 32.1. The molecule has 0 N–H and O–H groups in total. The summed E-state index contributed by atoms with van der Waals surface area (Å²) in [5.74, 6) is 0.824. The smallest absolute Gasteiger partial charge is 0.251 e. The fourth-order valence-corrected chi connectivity index (χ4v) is 5.03. The Morgan fingerprint density at radius 2 is 1.94 bits per heavy atom. The number of likely N-dealkylation sites (tertiary alicyclic amines) is 1. The molecule has 2 fully saturated rings. The van der Waals surface area contributed by atoms with Gasteiger partial charge >= 0.3 is 0 Å². The fraction of sp³-hybridized carbons (Fsp3) is 0.409. The number of thiophene rings is 1. The van der Waals surface area contributed by atoms with Gasteiger partial charge in [0.15, 0.2) is 0 Å². The van der Waals surface area contributed by atoms with E-state index in [4.69, 9.17) is 4.74 Å². The summed E-state index contributed by atoms with van der Waals surface area (Å²) in [5.41, 5.74) is 0.523. The number of aromatic nitrogens is 4. The summed E-state index contributed by atoms with van der Waals surface area (Å²) in [6.07, 6.45) is 1.79. The number of benzene rings is 1. The molecule has 1 aromatic carbocycles. The van der Waals surface area contributed by atoms with E-state index in [1.165, 1.54) is 4.90 Å². The van der Waals surface area contributed by atoms with Gasteiger partial charge < -0.3 is 4.74 Å². The molecule has 2 amide bonds. The van der Waals surface area contributed by atoms with Crippen molar-refractivity contribution in [2.75, 3.05) is 24.6 Å². The predicted octanol–water partition coefficient (Wildman–Crippen LogP) is 2.77. The van der Waals surface area contributed by atoms with Crippen molar-refractivity contribution >= 4 is 28.8 Å². The molecule has 2 saturated heterocycles. The summed E-state index contributed by atoms with van der Waals surface area (Å²) in [5, 5.41) is 15.0. The van der Waals surface area contributed by atoms with E-state index in [0.717, 1.165) is 17.7 Å². The number of piperidine rings is 1. The van der Waals surface area contributed by atoms with Gasteiger partial charge in [0, 0.05) is 13.1 Å². The Morgan fingerprint density at radius 3 is 2.69 bits per heavy atom. The number of carbonyl (C=O) groups excluding carboxylic acids is 2. The summed E-state index contributed by atoms with van der Waals surface area (Å²) in [6, 6.07) is 10.8. The number of rotatable bonds is 6. The van der Waals surface area contributed by atoms with Crippen molar-refractivity contribution in [3.05, 3.63) is 41.8 Å². The number of carbonyl (C=O) groups is 2. The SMILES string of the molecule is CCOc1ccccc1N1C(=O)C[C@H](N2CCC(n3nnc(-c4cccs4)n3)CC2)C1=O. The lowest BCUT2D eigenvalue weighted by Gasteiger charge is -2.34. The monoisotopic (exact) mass is 452 g/mol. The highest BCUT2D eigenvalue weighted by Crippen LogP contribution is 2.34. The van der Waals surface area contributed by atoms with Gasteiger partial charge in [-0.3, -0.25) is 14.5 Å². The maximum absolute atomic E-state index is 13.2. The summed E-state index contributed by atoms with van der Waals surface area (Å²) in [4.78, 5) is 32.1. The van der Waals surface area contributed by atoms with Crippen molar-refractivity contribution < 1.29 is 14.3 Å². The van der Waals surface area contributed by atoms with Gasteiger partial charge in [0.25, 0.3) is 5.91 Å². The van der Waals surface area contributed by atoms with E-state index in [0.29, 0.717) is 37.0 Å². The average Bonchev–Trinajstić information content (AvgIpc) is 3.55. The van der Waals surface area contributed by atoms with E-state index in [9.17, 15) is 9.59 Å². The lowest BCUT2D eigenvalue weighted by molar-refractivity contribution is -0.123. The van der Waals surface area contributed by atoms with Crippen molar-refractivity contribution in [1.82, 2.24) is 25.1 Å². The predicted molar refractivity (Wildman–Crippen MR) is 119 cm³/mol. The zero-order chi connectivity index (χ0) is 22.1. The molecule has 0 bridgehead atoms. The number of hydrogen-bond donors (Lipinski definition) is 0. The molecule has 5 rings (SSSR count). The molecule has 1 atom stereocenters. The van der Waals surface area contributed by atoms with Gasteiger partial charge in [-0.1, -0.05) is 18.2 Å². The summed E-state index contributed by atoms with van der Waals surface area (Å²) < 4.78 is 5.64. The third-order valence-electron chi connectivity index (χ3n) is 5.97. The maximum atomic E-state index is 13.2. The fourth-order valence-electron chi connectivity index (χ4n) is 4.39. The van der Waals surface area contributed by atoms with Crippen molar-refractivity contribution in [2.24, 2.45) is 0 Å². The number of tetrazole rings is 1. The molecule has 0 aliphatic carbocycles. The summed E-state index contributed by atoms with van der Waals surface area (Å²) >= 11 is 1.59. The third kappa shape index (κ3) is 3.80. The number of para-hydroxylation sites is 2. The molecule has 0 spiro atoms. The Morgan fingerprint density at radius 1 is 1.12 bits per heavy atom. The van der Waals surface area contributed by atoms with Crippen LogP contribution in [0, 0.1) is 0 Å². The summed E-state index contributed by atoms with van der Waals surface area (Å²) in [6.45, 7) is 3.75. The van der Waals surface area contributed by atoms with E-state index in [1.807, 2.05) is 36.6 Å². The topological polar surface area (TPSA) is 93.4 Å². The molecule has 166 valence electrons. The molecule has 4 heterocycles. The number of anilines is 1. The van der Waals surface area contributed by atoms with Crippen LogP contribution in [0.1, 0.15) is 32.2 Å². The first kappa shape index (κ1) is 20.8. The number of hydrogen-bond acceptors (Lipinski definition) is 8. The molecule has 32 heavy (non-hydrogen) atoms. The second-order valence-electron chi connectivity index (χ2n) is 7.87. The maximum Gasteiger partial charge on any atom is 0.251 e. The molecular formula is C22H24N6O3S. The number of nitrogens with zero attached hydrogens (tertiary/aromatic N) is 6. The van der Waals surface area contributed by atoms with Crippen LogP contribution in [-0.2, 0) is 9.59 Å². The van der Waals surface area contributed by atoms with E-state index in [-0.39, 0.29) is 24.3 Å². The zero-order valence-corrected chi connectivity index (χ0v) is 18.6. The van der Waals surface area contributed by atoms with Crippen LogP contribution in [-0.4, -0.2) is 62.7 Å². The van der Waals surface area contributed by atoms with Crippen molar-refractivity contribution in [2.45, 2.75) is 38.3 Å². The molecule has 0 saturated carbocycles.